The van der Waals surface area contributed by atoms with Crippen LogP contribution in [0.25, 0.3) is 0 Å². The van der Waals surface area contributed by atoms with Gasteiger partial charge in [0.05, 0.1) is 0 Å². The molecule has 0 aliphatic carbocycles. The van der Waals surface area contributed by atoms with Gasteiger partial charge in [-0.1, -0.05) is 24.3 Å². The lowest BCUT2D eigenvalue weighted by molar-refractivity contribution is -0.133. The number of nitrogens with one attached hydrogen (secondary N) is 2. The maximum absolute atomic E-state index is 12.9. The van der Waals surface area contributed by atoms with Crippen molar-refractivity contribution in [3.63, 3.8) is 0 Å². The molecule has 1 atom stereocenters. The number of hydrogen-bond acceptors (Lipinski definition) is 5. The first kappa shape index (κ1) is 17.8. The van der Waals surface area contributed by atoms with Gasteiger partial charge in [0.2, 0.25) is 12.7 Å². The number of hydrogen-bond donors (Lipinski definition) is 2. The summed E-state index contributed by atoms with van der Waals surface area (Å²) in [5, 5.41) is 5.37. The molecule has 2 aromatic rings. The van der Waals surface area contributed by atoms with Crippen molar-refractivity contribution >= 4 is 23.5 Å². The molecular formula is C20H19N3O5. The number of anilines is 1. The van der Waals surface area contributed by atoms with Gasteiger partial charge in [-0.25, -0.2) is 4.79 Å². The summed E-state index contributed by atoms with van der Waals surface area (Å²) in [5.41, 5.74) is 0.274. The van der Waals surface area contributed by atoms with Crippen LogP contribution in [0.4, 0.5) is 10.5 Å². The summed E-state index contributed by atoms with van der Waals surface area (Å²) in [4.78, 5) is 38.4. The van der Waals surface area contributed by atoms with Crippen LogP contribution >= 0.6 is 0 Å². The van der Waals surface area contributed by atoms with Gasteiger partial charge in [-0.2, -0.15) is 0 Å². The van der Waals surface area contributed by atoms with E-state index in [1.54, 1.807) is 43.3 Å². The van der Waals surface area contributed by atoms with Crippen LogP contribution < -0.4 is 20.1 Å². The maximum Gasteiger partial charge on any atom is 0.325 e. The topological polar surface area (TPSA) is 97.0 Å². The first-order valence-corrected chi connectivity index (χ1v) is 8.82. The van der Waals surface area contributed by atoms with E-state index >= 15 is 0 Å². The van der Waals surface area contributed by atoms with Gasteiger partial charge >= 0.3 is 6.03 Å². The first-order chi connectivity index (χ1) is 13.4. The summed E-state index contributed by atoms with van der Waals surface area (Å²) >= 11 is 0. The molecule has 2 heterocycles. The lowest BCUT2D eigenvalue weighted by Gasteiger charge is -2.21. The number of urea groups is 1. The molecule has 0 aromatic heterocycles. The second-order valence-electron chi connectivity index (χ2n) is 6.93. The highest BCUT2D eigenvalue weighted by atomic mass is 16.7. The Morgan fingerprint density at radius 3 is 2.68 bits per heavy atom. The minimum Gasteiger partial charge on any atom is -0.454 e. The number of para-hydroxylation sites is 1. The molecule has 8 heteroatoms. The van der Waals surface area contributed by atoms with E-state index in [1.165, 1.54) is 0 Å². The highest BCUT2D eigenvalue weighted by Crippen LogP contribution is 2.34. The smallest absolute Gasteiger partial charge is 0.325 e. The lowest BCUT2D eigenvalue weighted by atomic mass is 9.92. The predicted octanol–water partition coefficient (Wildman–Crippen LogP) is 1.91. The van der Waals surface area contributed by atoms with Gasteiger partial charge in [-0.15, -0.1) is 0 Å². The lowest BCUT2D eigenvalue weighted by Crippen LogP contribution is -2.46. The first-order valence-electron chi connectivity index (χ1n) is 8.82. The van der Waals surface area contributed by atoms with E-state index in [2.05, 4.69) is 10.6 Å². The molecule has 2 N–H and O–H groups in total. The SMILES string of the molecule is C[C@@]1(Cc2ccc3c(c2)OCO3)NC(=O)N(CC(=O)Nc2ccccc2)C1=O. The fourth-order valence-electron chi connectivity index (χ4n) is 3.34. The Morgan fingerprint density at radius 2 is 1.89 bits per heavy atom. The quantitative estimate of drug-likeness (QED) is 0.771. The van der Waals surface area contributed by atoms with Crippen LogP contribution in [0.2, 0.25) is 0 Å². The van der Waals surface area contributed by atoms with E-state index in [1.807, 2.05) is 12.1 Å². The van der Waals surface area contributed by atoms with Gasteiger partial charge in [-0.3, -0.25) is 14.5 Å². The summed E-state index contributed by atoms with van der Waals surface area (Å²) < 4.78 is 10.6. The molecule has 2 aromatic carbocycles. The highest BCUT2D eigenvalue weighted by Gasteiger charge is 2.48. The van der Waals surface area contributed by atoms with Crippen LogP contribution in [0.3, 0.4) is 0 Å². The second kappa shape index (κ2) is 6.88. The number of benzene rings is 2. The van der Waals surface area contributed by atoms with Gasteiger partial charge in [0, 0.05) is 12.1 Å². The Bertz CT molecular complexity index is 946. The molecule has 144 valence electrons. The molecule has 4 amide bonds. The van der Waals surface area contributed by atoms with Gasteiger partial charge < -0.3 is 20.1 Å². The molecule has 0 spiro atoms. The average Bonchev–Trinajstić information content (AvgIpc) is 3.21. The zero-order valence-electron chi connectivity index (χ0n) is 15.2. The van der Waals surface area contributed by atoms with Crippen molar-refractivity contribution in [2.45, 2.75) is 18.9 Å². The molecule has 0 unspecified atom stereocenters. The number of fused-ring (bicyclic) bond motifs is 1. The molecule has 4 rings (SSSR count). The number of imide groups is 1. The molecule has 8 nitrogen and oxygen atoms in total. The molecule has 0 saturated carbocycles. The van der Waals surface area contributed by atoms with Crippen LogP contribution in [-0.4, -0.2) is 41.6 Å². The van der Waals surface area contributed by atoms with Crippen LogP contribution in [0.5, 0.6) is 11.5 Å². The summed E-state index contributed by atoms with van der Waals surface area (Å²) in [5.74, 6) is 0.368. The number of rotatable bonds is 5. The Labute approximate surface area is 161 Å². The monoisotopic (exact) mass is 381 g/mol. The predicted molar refractivity (Wildman–Crippen MR) is 100.0 cm³/mol. The summed E-state index contributed by atoms with van der Waals surface area (Å²) in [7, 11) is 0. The Balaban J connectivity index is 1.44. The Morgan fingerprint density at radius 1 is 1.14 bits per heavy atom. The van der Waals surface area contributed by atoms with Crippen molar-refractivity contribution in [2.75, 3.05) is 18.7 Å². The molecule has 1 saturated heterocycles. The van der Waals surface area contributed by atoms with E-state index in [9.17, 15) is 14.4 Å². The van der Waals surface area contributed by atoms with E-state index in [0.29, 0.717) is 17.2 Å². The fourth-order valence-corrected chi connectivity index (χ4v) is 3.34. The van der Waals surface area contributed by atoms with E-state index in [4.69, 9.17) is 9.47 Å². The summed E-state index contributed by atoms with van der Waals surface area (Å²) in [6, 6.07) is 13.7. The molecule has 0 bridgehead atoms. The number of amides is 4. The van der Waals surface area contributed by atoms with Crippen molar-refractivity contribution in [1.82, 2.24) is 10.2 Å². The molecule has 28 heavy (non-hydrogen) atoms. The van der Waals surface area contributed by atoms with Gasteiger partial charge in [0.25, 0.3) is 5.91 Å². The van der Waals surface area contributed by atoms with Crippen LogP contribution in [-0.2, 0) is 16.0 Å². The van der Waals surface area contributed by atoms with Crippen LogP contribution in [0, 0.1) is 0 Å². The third kappa shape index (κ3) is 3.36. The number of carbonyl (C=O) groups excluding carboxylic acids is 3. The number of nitrogens with zero attached hydrogens (tertiary/aromatic N) is 1. The minimum atomic E-state index is -1.14. The van der Waals surface area contributed by atoms with Crippen molar-refractivity contribution in [3.8, 4) is 11.5 Å². The van der Waals surface area contributed by atoms with Crippen LogP contribution in [0.1, 0.15) is 12.5 Å². The van der Waals surface area contributed by atoms with Crippen molar-refractivity contribution in [3.05, 3.63) is 54.1 Å². The third-order valence-corrected chi connectivity index (χ3v) is 4.70. The standard InChI is InChI=1S/C20H19N3O5/c1-20(10-13-7-8-15-16(9-13)28-12-27-15)18(25)23(19(26)22-20)11-17(24)21-14-5-3-2-4-6-14/h2-9H,10-12H2,1H3,(H,21,24)(H,22,26)/t20-/m0/s1. The third-order valence-electron chi connectivity index (χ3n) is 4.70. The van der Waals surface area contributed by atoms with Gasteiger partial charge in [0.1, 0.15) is 12.1 Å². The number of ether oxygens (including phenoxy) is 2. The van der Waals surface area contributed by atoms with Gasteiger partial charge in [-0.05, 0) is 36.8 Å². The van der Waals surface area contributed by atoms with Crippen molar-refractivity contribution in [1.29, 1.82) is 0 Å². The second-order valence-corrected chi connectivity index (χ2v) is 6.93. The van der Waals surface area contributed by atoms with E-state index in [0.717, 1.165) is 10.5 Å². The normalized spacial score (nSPS) is 20.2. The minimum absolute atomic E-state index is 0.163. The van der Waals surface area contributed by atoms with Crippen molar-refractivity contribution < 1.29 is 23.9 Å². The zero-order chi connectivity index (χ0) is 19.7. The average molecular weight is 381 g/mol. The van der Waals surface area contributed by atoms with Gasteiger partial charge in [0.15, 0.2) is 11.5 Å². The molecule has 2 aliphatic rings. The fraction of sp³-hybridized carbons (Fsp3) is 0.250. The molecular weight excluding hydrogens is 362 g/mol. The number of carbonyl (C=O) groups is 3. The Kier molecular flexibility index (Phi) is 4.38. The molecule has 1 fully saturated rings. The highest BCUT2D eigenvalue weighted by molar-refractivity contribution is 6.10. The van der Waals surface area contributed by atoms with E-state index < -0.39 is 23.4 Å². The summed E-state index contributed by atoms with van der Waals surface area (Å²) in [6.07, 6.45) is 0.269. The summed E-state index contributed by atoms with van der Waals surface area (Å²) in [6.45, 7) is 1.46. The largest absolute Gasteiger partial charge is 0.454 e. The van der Waals surface area contributed by atoms with Crippen molar-refractivity contribution in [2.24, 2.45) is 0 Å². The zero-order valence-corrected chi connectivity index (χ0v) is 15.2. The van der Waals surface area contributed by atoms with Crippen LogP contribution in [0.15, 0.2) is 48.5 Å². The Hall–Kier alpha value is -3.55. The maximum atomic E-state index is 12.9. The molecule has 0 radical (unpaired) electrons. The molecule has 2 aliphatic heterocycles. The van der Waals surface area contributed by atoms with E-state index in [-0.39, 0.29) is 19.8 Å².